The van der Waals surface area contributed by atoms with E-state index in [1.807, 2.05) is 6.92 Å². The molecule has 1 aromatic rings. The summed E-state index contributed by atoms with van der Waals surface area (Å²) in [6, 6.07) is -0.956. The highest BCUT2D eigenvalue weighted by atomic mass is 16.4. The molecule has 0 aliphatic carbocycles. The second-order valence-corrected chi connectivity index (χ2v) is 6.00. The number of aromatic nitrogens is 2. The molecule has 0 spiro atoms. The van der Waals surface area contributed by atoms with Gasteiger partial charge in [0.25, 0.3) is 0 Å². The van der Waals surface area contributed by atoms with Crippen molar-refractivity contribution < 1.29 is 30.6 Å². The van der Waals surface area contributed by atoms with Crippen molar-refractivity contribution in [2.24, 2.45) is 0 Å². The Morgan fingerprint density at radius 1 is 0.920 bits per heavy atom. The predicted molar refractivity (Wildman–Crippen MR) is 89.6 cm³/mol. The molecule has 1 aromatic heterocycles. The Morgan fingerprint density at radius 2 is 1.60 bits per heavy atom. The summed E-state index contributed by atoms with van der Waals surface area (Å²) in [6.45, 7) is 0.649. The van der Waals surface area contributed by atoms with E-state index in [2.05, 4.69) is 15.3 Å². The largest absolute Gasteiger partial charge is 0.395 e. The molecule has 0 unspecified atom stereocenters. The molecule has 0 amide bonds. The van der Waals surface area contributed by atoms with Crippen molar-refractivity contribution in [1.29, 1.82) is 0 Å². The zero-order valence-corrected chi connectivity index (χ0v) is 14.4. The van der Waals surface area contributed by atoms with Crippen LogP contribution in [0.2, 0.25) is 0 Å². The summed E-state index contributed by atoms with van der Waals surface area (Å²) in [4.78, 5) is 8.51. The fourth-order valence-electron chi connectivity index (χ4n) is 2.40. The Kier molecular flexibility index (Phi) is 9.98. The molecule has 5 atom stereocenters. The molecular formula is C16H29N3O6. The number of hydrogen-bond donors (Lipinski definition) is 7. The summed E-state index contributed by atoms with van der Waals surface area (Å²) in [7, 11) is 0. The first-order valence-electron chi connectivity index (χ1n) is 8.40. The van der Waals surface area contributed by atoms with E-state index in [9.17, 15) is 20.4 Å². The van der Waals surface area contributed by atoms with E-state index >= 15 is 0 Å². The van der Waals surface area contributed by atoms with Crippen LogP contribution in [0, 0.1) is 0 Å². The van der Waals surface area contributed by atoms with E-state index in [1.165, 1.54) is 12.4 Å². The van der Waals surface area contributed by atoms with Gasteiger partial charge < -0.3 is 36.0 Å². The third-order valence-electron chi connectivity index (χ3n) is 3.97. The molecule has 144 valence electrons. The fraction of sp³-hybridized carbons (Fsp3) is 0.750. The van der Waals surface area contributed by atoms with E-state index in [0.717, 1.165) is 6.42 Å². The Morgan fingerprint density at radius 3 is 2.08 bits per heavy atom. The molecule has 7 N–H and O–H groups in total. The highest BCUT2D eigenvalue weighted by molar-refractivity contribution is 5.08. The zero-order chi connectivity index (χ0) is 18.8. The standard InChI is InChI=1S/C16H29N3O6/c1-2-3-11(19-13(7-20)15(24)8-21)12-6-17-10(5-18-12)4-14(23)16(25)9-22/h5-6,11,13-16,19-25H,2-4,7-9H2,1H3/t11-,13+,14-,15+,16+/m0/s1. The van der Waals surface area contributed by atoms with E-state index in [4.69, 9.17) is 10.2 Å². The van der Waals surface area contributed by atoms with Gasteiger partial charge in [-0.2, -0.15) is 0 Å². The lowest BCUT2D eigenvalue weighted by Crippen LogP contribution is -2.46. The normalized spacial score (nSPS) is 17.7. The van der Waals surface area contributed by atoms with Crippen molar-refractivity contribution in [3.05, 3.63) is 23.8 Å². The van der Waals surface area contributed by atoms with Gasteiger partial charge in [-0.25, -0.2) is 0 Å². The topological polar surface area (TPSA) is 159 Å². The van der Waals surface area contributed by atoms with Crippen LogP contribution in [0.5, 0.6) is 0 Å². The summed E-state index contributed by atoms with van der Waals surface area (Å²) in [5.74, 6) is 0. The Labute approximate surface area is 147 Å². The van der Waals surface area contributed by atoms with Crippen LogP contribution in [0.25, 0.3) is 0 Å². The van der Waals surface area contributed by atoms with E-state index in [1.54, 1.807) is 0 Å². The molecule has 25 heavy (non-hydrogen) atoms. The van der Waals surface area contributed by atoms with Crippen molar-refractivity contribution in [2.75, 3.05) is 19.8 Å². The summed E-state index contributed by atoms with van der Waals surface area (Å²) < 4.78 is 0. The van der Waals surface area contributed by atoms with Crippen LogP contribution < -0.4 is 5.32 Å². The maximum Gasteiger partial charge on any atom is 0.103 e. The van der Waals surface area contributed by atoms with Gasteiger partial charge in [0.2, 0.25) is 0 Å². The van der Waals surface area contributed by atoms with Gasteiger partial charge >= 0.3 is 0 Å². The minimum atomic E-state index is -1.23. The highest BCUT2D eigenvalue weighted by Crippen LogP contribution is 2.17. The Hall–Kier alpha value is -1.20. The number of aliphatic hydroxyl groups is 6. The van der Waals surface area contributed by atoms with Crippen molar-refractivity contribution in [2.45, 2.75) is 56.6 Å². The minimum Gasteiger partial charge on any atom is -0.395 e. The zero-order valence-electron chi connectivity index (χ0n) is 14.4. The fourth-order valence-corrected chi connectivity index (χ4v) is 2.40. The van der Waals surface area contributed by atoms with Gasteiger partial charge in [0.1, 0.15) is 6.10 Å². The molecular weight excluding hydrogens is 330 g/mol. The SMILES string of the molecule is CCC[C@H](N[C@H](CO)[C@H](O)CO)c1cnc(C[C@H](O)[C@H](O)CO)cn1. The predicted octanol–water partition coefficient (Wildman–Crippen LogP) is -2.12. The van der Waals surface area contributed by atoms with Crippen molar-refractivity contribution in [3.63, 3.8) is 0 Å². The van der Waals surface area contributed by atoms with E-state index in [0.29, 0.717) is 17.8 Å². The molecule has 0 aliphatic heterocycles. The first-order valence-corrected chi connectivity index (χ1v) is 8.40. The first-order chi connectivity index (χ1) is 12.0. The molecule has 0 aromatic carbocycles. The lowest BCUT2D eigenvalue weighted by atomic mass is 10.0. The molecule has 9 nitrogen and oxygen atoms in total. The molecule has 0 saturated carbocycles. The maximum atomic E-state index is 9.72. The number of aliphatic hydroxyl groups excluding tert-OH is 6. The average molecular weight is 359 g/mol. The molecule has 0 bridgehead atoms. The van der Waals surface area contributed by atoms with Crippen LogP contribution in [-0.2, 0) is 6.42 Å². The number of hydrogen-bond acceptors (Lipinski definition) is 9. The molecule has 0 fully saturated rings. The van der Waals surface area contributed by atoms with Crippen LogP contribution in [0.4, 0.5) is 0 Å². The summed E-state index contributed by atoms with van der Waals surface area (Å²) >= 11 is 0. The quantitative estimate of drug-likeness (QED) is 0.221. The van der Waals surface area contributed by atoms with Gasteiger partial charge in [0, 0.05) is 12.6 Å². The molecule has 1 rings (SSSR count). The summed E-state index contributed by atoms with van der Waals surface area (Å²) in [5.41, 5.74) is 1.07. The van der Waals surface area contributed by atoms with E-state index < -0.39 is 37.6 Å². The van der Waals surface area contributed by atoms with Gasteiger partial charge in [-0.05, 0) is 6.42 Å². The third-order valence-corrected chi connectivity index (χ3v) is 3.97. The number of rotatable bonds is 12. The third kappa shape index (κ3) is 6.90. The van der Waals surface area contributed by atoms with Crippen LogP contribution in [0.15, 0.2) is 12.4 Å². The molecule has 9 heteroatoms. The van der Waals surface area contributed by atoms with Crippen LogP contribution in [0.1, 0.15) is 37.2 Å². The lowest BCUT2D eigenvalue weighted by Gasteiger charge is -2.26. The van der Waals surface area contributed by atoms with Crippen molar-refractivity contribution in [1.82, 2.24) is 15.3 Å². The number of nitrogens with one attached hydrogen (secondary N) is 1. The average Bonchev–Trinajstić information content (AvgIpc) is 2.64. The molecule has 1 heterocycles. The second-order valence-electron chi connectivity index (χ2n) is 6.00. The molecule has 0 saturated heterocycles. The minimum absolute atomic E-state index is 0.0589. The maximum absolute atomic E-state index is 9.72. The summed E-state index contributed by atoms with van der Waals surface area (Å²) in [6.07, 6.45) is 1.12. The van der Waals surface area contributed by atoms with Gasteiger partial charge in [0.15, 0.2) is 0 Å². The lowest BCUT2D eigenvalue weighted by molar-refractivity contribution is -0.0137. The highest BCUT2D eigenvalue weighted by Gasteiger charge is 2.23. The van der Waals surface area contributed by atoms with Gasteiger partial charge in [-0.3, -0.25) is 9.97 Å². The molecule has 0 radical (unpaired) electrons. The molecule has 0 aliphatic rings. The Bertz CT molecular complexity index is 475. The van der Waals surface area contributed by atoms with E-state index in [-0.39, 0.29) is 19.1 Å². The monoisotopic (exact) mass is 359 g/mol. The first kappa shape index (κ1) is 21.8. The van der Waals surface area contributed by atoms with Crippen LogP contribution >= 0.6 is 0 Å². The van der Waals surface area contributed by atoms with Gasteiger partial charge in [-0.1, -0.05) is 13.3 Å². The number of nitrogens with zero attached hydrogens (tertiary/aromatic N) is 2. The van der Waals surface area contributed by atoms with Crippen molar-refractivity contribution in [3.8, 4) is 0 Å². The van der Waals surface area contributed by atoms with Crippen LogP contribution in [-0.4, -0.2) is 84.8 Å². The van der Waals surface area contributed by atoms with Gasteiger partial charge in [-0.15, -0.1) is 0 Å². The second kappa shape index (κ2) is 11.4. The smallest absolute Gasteiger partial charge is 0.103 e. The summed E-state index contributed by atoms with van der Waals surface area (Å²) in [5, 5.41) is 59.1. The van der Waals surface area contributed by atoms with Crippen LogP contribution in [0.3, 0.4) is 0 Å². The van der Waals surface area contributed by atoms with Gasteiger partial charge in [0.05, 0.1) is 61.7 Å². The van der Waals surface area contributed by atoms with Crippen molar-refractivity contribution >= 4 is 0 Å². The Balaban J connectivity index is 2.80.